The molecule has 2 N–H and O–H groups in total. The summed E-state index contributed by atoms with van der Waals surface area (Å²) in [5, 5.41) is 3.96. The number of Topliss-reactive ketones (excluding diaryl/α,β-unsaturated/α-hetero) is 1. The highest BCUT2D eigenvalue weighted by Gasteiger charge is 2.38. The first kappa shape index (κ1) is 17.6. The van der Waals surface area contributed by atoms with E-state index in [0.717, 1.165) is 30.4 Å². The lowest BCUT2D eigenvalue weighted by molar-refractivity contribution is 0.0979. The van der Waals surface area contributed by atoms with Crippen LogP contribution in [0, 0.1) is 13.8 Å². The van der Waals surface area contributed by atoms with Gasteiger partial charge in [-0.25, -0.2) is 0 Å². The van der Waals surface area contributed by atoms with Gasteiger partial charge < -0.3 is 10.3 Å². The van der Waals surface area contributed by atoms with E-state index in [1.165, 1.54) is 5.56 Å². The van der Waals surface area contributed by atoms with Gasteiger partial charge in [0.15, 0.2) is 11.6 Å². The number of carbonyl (C=O) groups is 1. The van der Waals surface area contributed by atoms with E-state index in [4.69, 9.17) is 10.3 Å². The number of nitrogens with zero attached hydrogens (tertiary/aromatic N) is 2. The Morgan fingerprint density at radius 3 is 2.65 bits per heavy atom. The van der Waals surface area contributed by atoms with Gasteiger partial charge in [0.05, 0.1) is 5.54 Å². The monoisotopic (exact) mass is 335 g/mol. The normalized spacial score (nSPS) is 15.6. The molecule has 1 fully saturated rings. The zero-order chi connectivity index (χ0) is 15.7. The molecule has 5 nitrogen and oxygen atoms in total. The van der Waals surface area contributed by atoms with Crippen molar-refractivity contribution < 1.29 is 9.32 Å². The van der Waals surface area contributed by atoms with Crippen LogP contribution in [-0.4, -0.2) is 15.9 Å². The minimum atomic E-state index is -0.417. The topological polar surface area (TPSA) is 82.0 Å². The highest BCUT2D eigenvalue weighted by atomic mass is 35.5. The first-order chi connectivity index (χ1) is 10.5. The maximum Gasteiger partial charge on any atom is 0.227 e. The van der Waals surface area contributed by atoms with Crippen molar-refractivity contribution in [1.29, 1.82) is 0 Å². The van der Waals surface area contributed by atoms with E-state index in [9.17, 15) is 4.79 Å². The fourth-order valence-corrected chi connectivity index (χ4v) is 2.62. The van der Waals surface area contributed by atoms with Gasteiger partial charge in [-0.1, -0.05) is 17.3 Å². The second-order valence-electron chi connectivity index (χ2n) is 6.24. The largest absolute Gasteiger partial charge is 0.339 e. The van der Waals surface area contributed by atoms with Gasteiger partial charge >= 0.3 is 0 Å². The first-order valence-corrected chi connectivity index (χ1v) is 7.70. The van der Waals surface area contributed by atoms with Crippen molar-refractivity contribution in [3.8, 4) is 0 Å². The molecule has 1 aromatic heterocycles. The van der Waals surface area contributed by atoms with Gasteiger partial charge in [-0.05, 0) is 50.3 Å². The molecule has 1 aliphatic carbocycles. The molecule has 0 unspecified atom stereocenters. The number of aromatic nitrogens is 2. The lowest BCUT2D eigenvalue weighted by atomic mass is 9.77. The van der Waals surface area contributed by atoms with Crippen molar-refractivity contribution in [2.24, 2.45) is 5.73 Å². The maximum absolute atomic E-state index is 12.2. The lowest BCUT2D eigenvalue weighted by Crippen LogP contribution is -2.44. The Morgan fingerprint density at radius 2 is 2.04 bits per heavy atom. The van der Waals surface area contributed by atoms with Crippen LogP contribution in [0.2, 0.25) is 0 Å². The quantitative estimate of drug-likeness (QED) is 0.848. The zero-order valence-electron chi connectivity index (χ0n) is 13.5. The summed E-state index contributed by atoms with van der Waals surface area (Å²) < 4.78 is 5.22. The molecule has 1 heterocycles. The van der Waals surface area contributed by atoms with Gasteiger partial charge in [-0.3, -0.25) is 4.79 Å². The summed E-state index contributed by atoms with van der Waals surface area (Å²) in [7, 11) is 0. The Kier molecular flexibility index (Phi) is 5.22. The van der Waals surface area contributed by atoms with E-state index >= 15 is 0 Å². The van der Waals surface area contributed by atoms with E-state index in [-0.39, 0.29) is 18.2 Å². The summed E-state index contributed by atoms with van der Waals surface area (Å²) in [5.41, 5.74) is 8.79. The summed E-state index contributed by atoms with van der Waals surface area (Å²) in [4.78, 5) is 16.6. The zero-order valence-corrected chi connectivity index (χ0v) is 14.3. The van der Waals surface area contributed by atoms with Crippen LogP contribution >= 0.6 is 12.4 Å². The molecular weight excluding hydrogens is 314 g/mol. The summed E-state index contributed by atoms with van der Waals surface area (Å²) in [6, 6.07) is 5.77. The standard InChI is InChI=1S/C17H21N3O2.ClH/c1-11-4-5-13(10-12(11)2)14(21)6-7-15-19-16(20-22-15)17(18)8-3-9-17;/h4-5,10H,3,6-9,18H2,1-2H3;1H. The average molecular weight is 336 g/mol. The predicted octanol–water partition coefficient (Wildman–Crippen LogP) is 3.26. The van der Waals surface area contributed by atoms with Crippen LogP contribution in [0.3, 0.4) is 0 Å². The molecular formula is C17H22ClN3O2. The fraction of sp³-hybridized carbons (Fsp3) is 0.471. The van der Waals surface area contributed by atoms with Crippen molar-refractivity contribution >= 4 is 18.2 Å². The average Bonchev–Trinajstić information content (AvgIpc) is 2.94. The summed E-state index contributed by atoms with van der Waals surface area (Å²) in [6.45, 7) is 4.04. The Labute approximate surface area is 142 Å². The Hall–Kier alpha value is -1.72. The van der Waals surface area contributed by atoms with Gasteiger partial charge in [-0.15, -0.1) is 12.4 Å². The molecule has 1 saturated carbocycles. The van der Waals surface area contributed by atoms with Gasteiger partial charge in [0.25, 0.3) is 0 Å². The van der Waals surface area contributed by atoms with Crippen LogP contribution in [0.15, 0.2) is 22.7 Å². The molecule has 0 saturated heterocycles. The van der Waals surface area contributed by atoms with Crippen molar-refractivity contribution in [3.63, 3.8) is 0 Å². The number of hydrogen-bond acceptors (Lipinski definition) is 5. The molecule has 124 valence electrons. The maximum atomic E-state index is 12.2. The molecule has 0 amide bonds. The highest BCUT2D eigenvalue weighted by Crippen LogP contribution is 2.36. The minimum Gasteiger partial charge on any atom is -0.339 e. The van der Waals surface area contributed by atoms with Crippen LogP contribution in [0.25, 0.3) is 0 Å². The predicted molar refractivity (Wildman–Crippen MR) is 89.8 cm³/mol. The molecule has 1 aromatic carbocycles. The number of halogens is 1. The van der Waals surface area contributed by atoms with Crippen molar-refractivity contribution in [1.82, 2.24) is 10.1 Å². The number of hydrogen-bond donors (Lipinski definition) is 1. The number of aryl methyl sites for hydroxylation is 3. The Bertz CT molecular complexity index is 708. The number of nitrogens with two attached hydrogens (primary N) is 1. The van der Waals surface area contributed by atoms with E-state index < -0.39 is 5.54 Å². The van der Waals surface area contributed by atoms with Gasteiger partial charge in [-0.2, -0.15) is 4.98 Å². The molecule has 23 heavy (non-hydrogen) atoms. The number of benzene rings is 1. The third-order valence-electron chi connectivity index (χ3n) is 4.55. The molecule has 0 bridgehead atoms. The van der Waals surface area contributed by atoms with E-state index in [0.29, 0.717) is 24.6 Å². The Balaban J connectivity index is 0.00000192. The lowest BCUT2D eigenvalue weighted by Gasteiger charge is -2.34. The molecule has 6 heteroatoms. The highest BCUT2D eigenvalue weighted by molar-refractivity contribution is 5.96. The number of ketones is 1. The third-order valence-corrected chi connectivity index (χ3v) is 4.55. The number of carbonyl (C=O) groups excluding carboxylic acids is 1. The summed E-state index contributed by atoms with van der Waals surface area (Å²) in [5.74, 6) is 1.16. The van der Waals surface area contributed by atoms with Crippen LogP contribution < -0.4 is 5.73 Å². The summed E-state index contributed by atoms with van der Waals surface area (Å²) in [6.07, 6.45) is 3.71. The van der Waals surface area contributed by atoms with Gasteiger partial charge in [0.1, 0.15) is 0 Å². The molecule has 1 aliphatic rings. The first-order valence-electron chi connectivity index (χ1n) is 7.70. The molecule has 0 aliphatic heterocycles. The van der Waals surface area contributed by atoms with Crippen LogP contribution in [0.4, 0.5) is 0 Å². The van der Waals surface area contributed by atoms with Crippen LogP contribution in [-0.2, 0) is 12.0 Å². The molecule has 2 aromatic rings. The van der Waals surface area contributed by atoms with Crippen LogP contribution in [0.5, 0.6) is 0 Å². The molecule has 0 spiro atoms. The fourth-order valence-electron chi connectivity index (χ4n) is 2.62. The number of rotatable bonds is 5. The van der Waals surface area contributed by atoms with Crippen molar-refractivity contribution in [2.75, 3.05) is 0 Å². The minimum absolute atomic E-state index is 0. The van der Waals surface area contributed by atoms with Gasteiger partial charge in [0, 0.05) is 18.4 Å². The second kappa shape index (κ2) is 6.81. The van der Waals surface area contributed by atoms with E-state index in [2.05, 4.69) is 10.1 Å². The van der Waals surface area contributed by atoms with Crippen LogP contribution in [0.1, 0.15) is 58.9 Å². The summed E-state index contributed by atoms with van der Waals surface area (Å²) >= 11 is 0. The Morgan fingerprint density at radius 1 is 1.30 bits per heavy atom. The van der Waals surface area contributed by atoms with Crippen molar-refractivity contribution in [2.45, 2.75) is 51.5 Å². The SMILES string of the molecule is Cc1ccc(C(=O)CCc2nc(C3(N)CCC3)no2)cc1C.Cl. The second-order valence-corrected chi connectivity index (χ2v) is 6.24. The smallest absolute Gasteiger partial charge is 0.227 e. The van der Waals surface area contributed by atoms with Crippen molar-refractivity contribution in [3.05, 3.63) is 46.6 Å². The van der Waals surface area contributed by atoms with E-state index in [1.807, 2.05) is 32.0 Å². The van der Waals surface area contributed by atoms with E-state index in [1.54, 1.807) is 0 Å². The molecule has 0 radical (unpaired) electrons. The van der Waals surface area contributed by atoms with Gasteiger partial charge in [0.2, 0.25) is 5.89 Å². The third kappa shape index (κ3) is 3.62. The molecule has 0 atom stereocenters. The molecule has 3 rings (SSSR count).